The fourth-order valence-corrected chi connectivity index (χ4v) is 9.39. The number of benzene rings is 4. The first-order chi connectivity index (χ1) is 33.1. The lowest BCUT2D eigenvalue weighted by atomic mass is 10.1. The average molecular weight is 976 g/mol. The predicted octanol–water partition coefficient (Wildman–Crippen LogP) is 7.80. The Morgan fingerprint density at radius 1 is 0.588 bits per heavy atom. The Bertz CT molecular complexity index is 3440. The van der Waals surface area contributed by atoms with Crippen molar-refractivity contribution in [3.05, 3.63) is 151 Å². The molecule has 4 aromatic carbocycles. The maximum absolute atomic E-state index is 13.5. The molecule has 8 heterocycles. The molecule has 17 heteroatoms. The van der Waals surface area contributed by atoms with Crippen LogP contribution in [0.25, 0.3) is 54.9 Å². The lowest BCUT2D eigenvalue weighted by Gasteiger charge is -2.14. The normalized spacial score (nSPS) is 16.1. The van der Waals surface area contributed by atoms with E-state index in [1.165, 1.54) is 0 Å². The van der Waals surface area contributed by atoms with Crippen molar-refractivity contribution in [3.8, 4) is 11.8 Å². The lowest BCUT2D eigenvalue weighted by molar-refractivity contribution is 0.166. The first-order valence-electron chi connectivity index (χ1n) is 22.7. The van der Waals surface area contributed by atoms with E-state index >= 15 is 0 Å². The fraction of sp³-hybridized carbons (Fsp3) is 0.294. The van der Waals surface area contributed by atoms with Crippen molar-refractivity contribution in [2.75, 3.05) is 39.6 Å². The average Bonchev–Trinajstić information content (AvgIpc) is 4.19. The summed E-state index contributed by atoms with van der Waals surface area (Å²) in [5.74, 6) is 2.79. The molecule has 0 radical (unpaired) electrons. The van der Waals surface area contributed by atoms with Gasteiger partial charge in [0, 0.05) is 41.7 Å². The van der Waals surface area contributed by atoms with Crippen LogP contribution >= 0.6 is 15.9 Å². The molecule has 0 amide bonds. The number of nitrogens with zero attached hydrogens (tertiary/aromatic N) is 10. The van der Waals surface area contributed by atoms with Crippen molar-refractivity contribution in [1.29, 1.82) is 0 Å². The Balaban J connectivity index is 0.000000149. The van der Waals surface area contributed by atoms with E-state index in [1.807, 2.05) is 122 Å². The summed E-state index contributed by atoms with van der Waals surface area (Å²) in [6.45, 7) is 10.3. The third-order valence-electron chi connectivity index (χ3n) is 12.5. The van der Waals surface area contributed by atoms with Crippen molar-refractivity contribution in [2.24, 2.45) is 11.8 Å². The molecule has 16 nitrogen and oxygen atoms in total. The lowest BCUT2D eigenvalue weighted by Crippen LogP contribution is -2.24. The standard InChI is InChI=1S/C26H25N5O3.C25H22BrN5O3/c1-16-7-8-19-21(11-16)27-23(28-25(19)34-15-18-9-10-33-14-18)13-30-24-12-17(2)29-31(24)22-6-4-3-5-20(22)26(30)32;1-15-10-23-30(25(32)19-4-2-3-5-21(19)31(23)29-15)12-22-27-20-11-17(26)6-7-18(20)24(28-22)34-14-16-8-9-33-13-16/h3-8,11-12,18H,9-10,13-15H2,1-2H3;2-7,10-11,16H,8-9,12-14H2,1H3. The molecule has 0 N–H and O–H groups in total. The number of hydrogen-bond donors (Lipinski definition) is 0. The summed E-state index contributed by atoms with van der Waals surface area (Å²) in [4.78, 5) is 46.0. The summed E-state index contributed by atoms with van der Waals surface area (Å²) in [5.41, 5.74) is 7.09. The summed E-state index contributed by atoms with van der Waals surface area (Å²) < 4.78 is 31.2. The van der Waals surface area contributed by atoms with E-state index in [0.717, 1.165) is 80.3 Å². The molecule has 2 aliphatic heterocycles. The quantitative estimate of drug-likeness (QED) is 0.131. The number of aromatic nitrogens is 10. The van der Waals surface area contributed by atoms with E-state index in [1.54, 1.807) is 13.6 Å². The van der Waals surface area contributed by atoms with Gasteiger partial charge in [-0.05, 0) is 93.8 Å². The van der Waals surface area contributed by atoms with Gasteiger partial charge >= 0.3 is 0 Å². The molecular formula is C51H47BrN10O6. The Labute approximate surface area is 397 Å². The van der Waals surface area contributed by atoms with Gasteiger partial charge in [-0.3, -0.25) is 18.7 Å². The van der Waals surface area contributed by atoms with E-state index in [4.69, 9.17) is 38.9 Å². The van der Waals surface area contributed by atoms with Crippen LogP contribution in [0.5, 0.6) is 11.8 Å². The zero-order valence-corrected chi connectivity index (χ0v) is 39.3. The zero-order chi connectivity index (χ0) is 46.5. The van der Waals surface area contributed by atoms with Gasteiger partial charge in [-0.25, -0.2) is 19.0 Å². The second kappa shape index (κ2) is 18.2. The highest BCUT2D eigenvalue weighted by Crippen LogP contribution is 2.29. The van der Waals surface area contributed by atoms with Gasteiger partial charge in [-0.2, -0.15) is 20.2 Å². The van der Waals surface area contributed by atoms with Crippen LogP contribution in [0, 0.1) is 32.6 Å². The second-order valence-corrected chi connectivity index (χ2v) is 18.5. The maximum atomic E-state index is 13.5. The largest absolute Gasteiger partial charge is 0.477 e. The molecule has 2 saturated heterocycles. The van der Waals surface area contributed by atoms with Crippen LogP contribution in [0.15, 0.2) is 111 Å². The van der Waals surface area contributed by atoms with Crippen LogP contribution in [0.3, 0.4) is 0 Å². The molecule has 0 spiro atoms. The predicted molar refractivity (Wildman–Crippen MR) is 262 cm³/mol. The van der Waals surface area contributed by atoms with Gasteiger partial charge in [-0.15, -0.1) is 0 Å². The summed E-state index contributed by atoms with van der Waals surface area (Å²) in [6, 6.07) is 30.7. The van der Waals surface area contributed by atoms with Crippen LogP contribution in [0.2, 0.25) is 0 Å². The van der Waals surface area contributed by atoms with Gasteiger partial charge < -0.3 is 18.9 Å². The molecule has 68 heavy (non-hydrogen) atoms. The minimum absolute atomic E-state index is 0.0958. The highest BCUT2D eigenvalue weighted by atomic mass is 79.9. The summed E-state index contributed by atoms with van der Waals surface area (Å²) in [5, 5.41) is 12.1. The van der Waals surface area contributed by atoms with Crippen molar-refractivity contribution in [2.45, 2.75) is 46.7 Å². The minimum atomic E-state index is -0.105. The fourth-order valence-electron chi connectivity index (χ4n) is 9.04. The summed E-state index contributed by atoms with van der Waals surface area (Å²) in [6.07, 6.45) is 1.96. The Morgan fingerprint density at radius 3 is 1.57 bits per heavy atom. The number of para-hydroxylation sites is 2. The topological polar surface area (TPSA) is 167 Å². The number of ether oxygens (including phenoxy) is 4. The van der Waals surface area contributed by atoms with Gasteiger partial charge in [-0.1, -0.05) is 46.3 Å². The number of fused-ring (bicyclic) bond motifs is 8. The number of aryl methyl sites for hydroxylation is 3. The Kier molecular flexibility index (Phi) is 11.6. The van der Waals surface area contributed by atoms with Crippen LogP contribution in [-0.4, -0.2) is 87.9 Å². The smallest absolute Gasteiger partial charge is 0.262 e. The molecule has 2 atom stereocenters. The van der Waals surface area contributed by atoms with Crippen molar-refractivity contribution in [1.82, 2.24) is 48.3 Å². The highest BCUT2D eigenvalue weighted by Gasteiger charge is 2.22. The van der Waals surface area contributed by atoms with Gasteiger partial charge in [0.15, 0.2) is 11.6 Å². The van der Waals surface area contributed by atoms with Gasteiger partial charge in [0.05, 0.1) is 94.5 Å². The molecule has 2 fully saturated rings. The highest BCUT2D eigenvalue weighted by molar-refractivity contribution is 9.10. The van der Waals surface area contributed by atoms with Crippen molar-refractivity contribution in [3.63, 3.8) is 0 Å². The molecule has 2 aliphatic rings. The third-order valence-corrected chi connectivity index (χ3v) is 13.0. The van der Waals surface area contributed by atoms with Crippen molar-refractivity contribution < 1.29 is 18.9 Å². The monoisotopic (exact) mass is 974 g/mol. The number of rotatable bonds is 10. The third kappa shape index (κ3) is 8.45. The van der Waals surface area contributed by atoms with Gasteiger partial charge in [0.2, 0.25) is 11.8 Å². The first-order valence-corrected chi connectivity index (χ1v) is 23.5. The van der Waals surface area contributed by atoms with E-state index < -0.39 is 0 Å². The maximum Gasteiger partial charge on any atom is 0.262 e. The first kappa shape index (κ1) is 43.5. The van der Waals surface area contributed by atoms with Gasteiger partial charge in [0.1, 0.15) is 11.3 Å². The number of halogens is 1. The van der Waals surface area contributed by atoms with Gasteiger partial charge in [0.25, 0.3) is 11.1 Å². The molecule has 0 aliphatic carbocycles. The molecule has 10 aromatic rings. The molecule has 344 valence electrons. The van der Waals surface area contributed by atoms with Crippen LogP contribution in [0.4, 0.5) is 0 Å². The zero-order valence-electron chi connectivity index (χ0n) is 37.8. The summed E-state index contributed by atoms with van der Waals surface area (Å²) >= 11 is 3.53. The van der Waals surface area contributed by atoms with Crippen LogP contribution in [-0.2, 0) is 22.6 Å². The molecular weight excluding hydrogens is 929 g/mol. The van der Waals surface area contributed by atoms with Crippen molar-refractivity contribution >= 4 is 70.8 Å². The van der Waals surface area contributed by atoms with E-state index in [2.05, 4.69) is 26.1 Å². The Hall–Kier alpha value is -7.08. The van der Waals surface area contributed by atoms with E-state index in [9.17, 15) is 9.59 Å². The SMILES string of the molecule is Cc1cc2n(Cc3nc(OCC4CCOC4)c4ccc(Br)cc4n3)c(=O)c3ccccc3n2n1.Cc1ccc2c(OCC3CCOC3)nc(Cn3c(=O)c4ccccc4n4nc(C)cc34)nc2c1. The van der Waals surface area contributed by atoms with E-state index in [0.29, 0.717) is 83.7 Å². The molecule has 6 aromatic heterocycles. The number of hydrogen-bond acceptors (Lipinski definition) is 12. The second-order valence-electron chi connectivity index (χ2n) is 17.6. The minimum Gasteiger partial charge on any atom is -0.477 e. The van der Waals surface area contributed by atoms with Crippen LogP contribution in [0.1, 0.15) is 41.4 Å². The summed E-state index contributed by atoms with van der Waals surface area (Å²) in [7, 11) is 0. The van der Waals surface area contributed by atoms with E-state index in [-0.39, 0.29) is 24.2 Å². The Morgan fingerprint density at radius 2 is 1.07 bits per heavy atom. The molecule has 12 rings (SSSR count). The molecule has 0 saturated carbocycles. The molecule has 2 unspecified atom stereocenters. The van der Waals surface area contributed by atoms with Crippen LogP contribution < -0.4 is 20.6 Å². The molecule has 0 bridgehead atoms.